The van der Waals surface area contributed by atoms with E-state index in [9.17, 15) is 8.42 Å². The van der Waals surface area contributed by atoms with Crippen LogP contribution in [0.4, 0.5) is 5.69 Å². The molecule has 1 saturated heterocycles. The first kappa shape index (κ1) is 15.3. The number of nitrogens with two attached hydrogens (primary N) is 1. The van der Waals surface area contributed by atoms with Gasteiger partial charge in [0.1, 0.15) is 0 Å². The first-order valence-electron chi connectivity index (χ1n) is 7.02. The molecule has 6 heteroatoms. The highest BCUT2D eigenvalue weighted by Gasteiger charge is 2.26. The zero-order valence-electron chi connectivity index (χ0n) is 12.0. The third kappa shape index (κ3) is 3.71. The van der Waals surface area contributed by atoms with Crippen LogP contribution in [0.3, 0.4) is 0 Å². The van der Waals surface area contributed by atoms with E-state index in [1.54, 1.807) is 12.1 Å². The lowest BCUT2D eigenvalue weighted by molar-refractivity contribution is 0.289. The molecule has 5 nitrogen and oxygen atoms in total. The Morgan fingerprint density at radius 1 is 1.25 bits per heavy atom. The van der Waals surface area contributed by atoms with Crippen LogP contribution in [0.2, 0.25) is 0 Å². The molecule has 1 atom stereocenters. The molecule has 0 saturated carbocycles. The van der Waals surface area contributed by atoms with Crippen molar-refractivity contribution in [2.45, 2.75) is 32.7 Å². The highest BCUT2D eigenvalue weighted by molar-refractivity contribution is 7.90. The summed E-state index contributed by atoms with van der Waals surface area (Å²) in [7, 11) is -3.44. The zero-order chi connectivity index (χ0) is 14.8. The Morgan fingerprint density at radius 3 is 2.30 bits per heavy atom. The predicted molar refractivity (Wildman–Crippen MR) is 81.6 cm³/mol. The van der Waals surface area contributed by atoms with E-state index >= 15 is 0 Å². The maximum atomic E-state index is 12.3. The van der Waals surface area contributed by atoms with Crippen LogP contribution in [0.1, 0.15) is 38.3 Å². The lowest BCUT2D eigenvalue weighted by Crippen LogP contribution is -2.41. The summed E-state index contributed by atoms with van der Waals surface area (Å²) in [5.41, 5.74) is 7.34. The summed E-state index contributed by atoms with van der Waals surface area (Å²) < 4.78 is 28.7. The fourth-order valence-corrected chi connectivity index (χ4v) is 3.55. The average Bonchev–Trinajstić information content (AvgIpc) is 2.39. The van der Waals surface area contributed by atoms with Crippen molar-refractivity contribution in [3.8, 4) is 0 Å². The van der Waals surface area contributed by atoms with Crippen LogP contribution in [-0.4, -0.2) is 25.8 Å². The molecule has 20 heavy (non-hydrogen) atoms. The summed E-state index contributed by atoms with van der Waals surface area (Å²) >= 11 is 0. The standard InChI is InChI=1S/C14H23N3O2S/c1-11-7-9-17(10-8-11)20(18,19)16-14-5-3-13(4-6-14)12(2)15/h3-6,11-12,16H,7-10,15H2,1-2H3. The Balaban J connectivity index is 2.04. The molecule has 2 rings (SSSR count). The van der Waals surface area contributed by atoms with E-state index < -0.39 is 10.2 Å². The van der Waals surface area contributed by atoms with Gasteiger partial charge in [0, 0.05) is 24.8 Å². The lowest BCUT2D eigenvalue weighted by Gasteiger charge is -2.29. The van der Waals surface area contributed by atoms with Gasteiger partial charge in [0.2, 0.25) is 0 Å². The molecule has 0 aromatic heterocycles. The van der Waals surface area contributed by atoms with Crippen LogP contribution in [0.25, 0.3) is 0 Å². The summed E-state index contributed by atoms with van der Waals surface area (Å²) in [5.74, 6) is 0.603. The number of anilines is 1. The molecular formula is C14H23N3O2S. The second kappa shape index (κ2) is 6.11. The minimum absolute atomic E-state index is 0.0516. The molecule has 1 aromatic rings. The third-order valence-electron chi connectivity index (χ3n) is 3.77. The smallest absolute Gasteiger partial charge is 0.301 e. The fourth-order valence-electron chi connectivity index (χ4n) is 2.29. The van der Waals surface area contributed by atoms with Crippen LogP contribution < -0.4 is 10.5 Å². The van der Waals surface area contributed by atoms with Crippen molar-refractivity contribution in [3.63, 3.8) is 0 Å². The van der Waals surface area contributed by atoms with E-state index in [1.807, 2.05) is 19.1 Å². The molecule has 1 aliphatic rings. The molecule has 1 heterocycles. The number of piperidine rings is 1. The number of nitrogens with one attached hydrogen (secondary N) is 1. The molecule has 3 N–H and O–H groups in total. The minimum Gasteiger partial charge on any atom is -0.324 e. The van der Waals surface area contributed by atoms with Crippen LogP contribution in [0.5, 0.6) is 0 Å². The van der Waals surface area contributed by atoms with Gasteiger partial charge in [-0.3, -0.25) is 4.72 Å². The van der Waals surface area contributed by atoms with E-state index in [1.165, 1.54) is 4.31 Å². The van der Waals surface area contributed by atoms with Crippen LogP contribution >= 0.6 is 0 Å². The van der Waals surface area contributed by atoms with Gasteiger partial charge in [0.15, 0.2) is 0 Å². The zero-order valence-corrected chi connectivity index (χ0v) is 12.9. The van der Waals surface area contributed by atoms with E-state index in [-0.39, 0.29) is 6.04 Å². The fraction of sp³-hybridized carbons (Fsp3) is 0.571. The largest absolute Gasteiger partial charge is 0.324 e. The van der Waals surface area contributed by atoms with Crippen molar-refractivity contribution >= 4 is 15.9 Å². The number of hydrogen-bond acceptors (Lipinski definition) is 3. The molecule has 1 unspecified atom stereocenters. The quantitative estimate of drug-likeness (QED) is 0.893. The van der Waals surface area contributed by atoms with Gasteiger partial charge >= 0.3 is 10.2 Å². The summed E-state index contributed by atoms with van der Waals surface area (Å²) in [5, 5.41) is 0. The third-order valence-corrected chi connectivity index (χ3v) is 5.30. The van der Waals surface area contributed by atoms with Gasteiger partial charge in [-0.25, -0.2) is 0 Å². The van der Waals surface area contributed by atoms with E-state index in [2.05, 4.69) is 11.6 Å². The summed E-state index contributed by atoms with van der Waals surface area (Å²) in [6.45, 7) is 5.24. The molecule has 0 radical (unpaired) electrons. The van der Waals surface area contributed by atoms with Crippen molar-refractivity contribution in [2.75, 3.05) is 17.8 Å². The van der Waals surface area contributed by atoms with Crippen molar-refractivity contribution in [1.29, 1.82) is 0 Å². The highest BCUT2D eigenvalue weighted by atomic mass is 32.2. The van der Waals surface area contributed by atoms with Crippen molar-refractivity contribution < 1.29 is 8.42 Å². The van der Waals surface area contributed by atoms with Crippen molar-refractivity contribution in [3.05, 3.63) is 29.8 Å². The van der Waals surface area contributed by atoms with Crippen molar-refractivity contribution in [2.24, 2.45) is 11.7 Å². The Labute approximate surface area is 121 Å². The summed E-state index contributed by atoms with van der Waals surface area (Å²) in [4.78, 5) is 0. The van der Waals surface area contributed by atoms with Gasteiger partial charge in [0.25, 0.3) is 0 Å². The molecule has 0 bridgehead atoms. The summed E-state index contributed by atoms with van der Waals surface area (Å²) in [6.07, 6.45) is 1.84. The number of nitrogens with zero attached hydrogens (tertiary/aromatic N) is 1. The molecule has 112 valence electrons. The van der Waals surface area contributed by atoms with Gasteiger partial charge in [-0.1, -0.05) is 19.1 Å². The maximum absolute atomic E-state index is 12.3. The molecule has 1 aromatic carbocycles. The first-order valence-corrected chi connectivity index (χ1v) is 8.46. The van der Waals surface area contributed by atoms with Crippen molar-refractivity contribution in [1.82, 2.24) is 4.31 Å². The van der Waals surface area contributed by atoms with E-state index in [0.717, 1.165) is 18.4 Å². The topological polar surface area (TPSA) is 75.4 Å². The number of benzene rings is 1. The minimum atomic E-state index is -3.44. The Hall–Kier alpha value is -1.11. The molecule has 0 spiro atoms. The Morgan fingerprint density at radius 2 is 1.80 bits per heavy atom. The van der Waals surface area contributed by atoms with Gasteiger partial charge < -0.3 is 5.73 Å². The van der Waals surface area contributed by atoms with E-state index in [4.69, 9.17) is 5.73 Å². The Bertz CT molecular complexity index is 532. The highest BCUT2D eigenvalue weighted by Crippen LogP contribution is 2.21. The average molecular weight is 297 g/mol. The molecule has 0 aliphatic carbocycles. The number of rotatable bonds is 4. The normalized spacial score (nSPS) is 19.8. The second-order valence-electron chi connectivity index (χ2n) is 5.60. The molecule has 1 aliphatic heterocycles. The van der Waals surface area contributed by atoms with Gasteiger partial charge in [-0.15, -0.1) is 0 Å². The van der Waals surface area contributed by atoms with E-state index in [0.29, 0.717) is 24.7 Å². The lowest BCUT2D eigenvalue weighted by atomic mass is 10.0. The maximum Gasteiger partial charge on any atom is 0.301 e. The molecule has 1 fully saturated rings. The van der Waals surface area contributed by atoms with Gasteiger partial charge in [-0.05, 0) is 43.4 Å². The monoisotopic (exact) mass is 297 g/mol. The molecule has 0 amide bonds. The first-order chi connectivity index (χ1) is 9.38. The van der Waals surface area contributed by atoms with Crippen LogP contribution in [0.15, 0.2) is 24.3 Å². The van der Waals surface area contributed by atoms with Gasteiger partial charge in [-0.2, -0.15) is 12.7 Å². The Kier molecular flexibility index (Phi) is 4.67. The SMILES string of the molecule is CC1CCN(S(=O)(=O)Nc2ccc(C(C)N)cc2)CC1. The predicted octanol–water partition coefficient (Wildman–Crippen LogP) is 2.09. The second-order valence-corrected chi connectivity index (χ2v) is 7.27. The number of hydrogen-bond donors (Lipinski definition) is 2. The van der Waals surface area contributed by atoms with Crippen LogP contribution in [0, 0.1) is 5.92 Å². The van der Waals surface area contributed by atoms with Crippen LogP contribution in [-0.2, 0) is 10.2 Å². The summed E-state index contributed by atoms with van der Waals surface area (Å²) in [6, 6.07) is 7.15. The molecular weight excluding hydrogens is 274 g/mol. The van der Waals surface area contributed by atoms with Gasteiger partial charge in [0.05, 0.1) is 0 Å².